The van der Waals surface area contributed by atoms with E-state index in [1.54, 1.807) is 6.92 Å². The molecular weight excluding hydrogens is 336 g/mol. The van der Waals surface area contributed by atoms with Crippen LogP contribution >= 0.6 is 12.4 Å². The first-order valence-corrected chi connectivity index (χ1v) is 8.48. The highest BCUT2D eigenvalue weighted by Gasteiger charge is 2.16. The van der Waals surface area contributed by atoms with Gasteiger partial charge in [-0.3, -0.25) is 9.69 Å². The molecule has 2 aromatic carbocycles. The first-order valence-electron chi connectivity index (χ1n) is 8.48. The van der Waals surface area contributed by atoms with Gasteiger partial charge in [-0.05, 0) is 43.3 Å². The molecule has 0 N–H and O–H groups in total. The molecule has 0 amide bonds. The first-order chi connectivity index (χ1) is 11.7. The quantitative estimate of drug-likeness (QED) is 0.738. The number of ether oxygens (including phenoxy) is 1. The van der Waals surface area contributed by atoms with Gasteiger partial charge in [-0.1, -0.05) is 18.2 Å². The van der Waals surface area contributed by atoms with Crippen LogP contribution in [-0.4, -0.2) is 50.0 Å². The van der Waals surface area contributed by atoms with Crippen molar-refractivity contribution in [1.29, 1.82) is 0 Å². The lowest BCUT2D eigenvalue weighted by Gasteiger charge is -2.36. The van der Waals surface area contributed by atoms with Gasteiger partial charge in [0.1, 0.15) is 12.4 Å². The van der Waals surface area contributed by atoms with Crippen LogP contribution in [0.15, 0.2) is 54.6 Å². The van der Waals surface area contributed by atoms with Crippen LogP contribution in [0.25, 0.3) is 0 Å². The van der Waals surface area contributed by atoms with Crippen molar-refractivity contribution >= 4 is 23.9 Å². The molecule has 4 nitrogen and oxygen atoms in total. The second kappa shape index (κ2) is 9.44. The van der Waals surface area contributed by atoms with Crippen molar-refractivity contribution in [3.8, 4) is 5.75 Å². The van der Waals surface area contributed by atoms with Crippen molar-refractivity contribution in [3.05, 3.63) is 60.2 Å². The fourth-order valence-electron chi connectivity index (χ4n) is 2.95. The molecule has 1 saturated heterocycles. The monoisotopic (exact) mass is 360 g/mol. The van der Waals surface area contributed by atoms with E-state index >= 15 is 0 Å². The minimum Gasteiger partial charge on any atom is -0.492 e. The fraction of sp³-hybridized carbons (Fsp3) is 0.350. The Labute approximate surface area is 155 Å². The van der Waals surface area contributed by atoms with Gasteiger partial charge < -0.3 is 9.64 Å². The van der Waals surface area contributed by atoms with E-state index < -0.39 is 0 Å². The maximum absolute atomic E-state index is 11.3. The molecule has 1 aliphatic rings. The zero-order valence-electron chi connectivity index (χ0n) is 14.6. The topological polar surface area (TPSA) is 32.8 Å². The standard InChI is InChI=1S/C20H24N2O2.ClH/c1-17(23)18-7-9-20(10-8-18)24-16-15-21-11-13-22(14-12-21)19-5-3-2-4-6-19;/h2-10H,11-16H2,1H3;1H. The van der Waals surface area contributed by atoms with E-state index in [0.29, 0.717) is 6.61 Å². The van der Waals surface area contributed by atoms with Crippen molar-refractivity contribution in [1.82, 2.24) is 4.90 Å². The zero-order valence-corrected chi connectivity index (χ0v) is 15.4. The van der Waals surface area contributed by atoms with Crippen molar-refractivity contribution in [2.24, 2.45) is 0 Å². The molecule has 0 atom stereocenters. The Morgan fingerprint density at radius 2 is 1.60 bits per heavy atom. The largest absolute Gasteiger partial charge is 0.492 e. The lowest BCUT2D eigenvalue weighted by atomic mass is 10.1. The van der Waals surface area contributed by atoms with E-state index in [1.165, 1.54) is 5.69 Å². The van der Waals surface area contributed by atoms with E-state index in [-0.39, 0.29) is 18.2 Å². The van der Waals surface area contributed by atoms with Gasteiger partial charge in [-0.15, -0.1) is 12.4 Å². The summed E-state index contributed by atoms with van der Waals surface area (Å²) in [7, 11) is 0. The minimum atomic E-state index is 0. The average Bonchev–Trinajstić information content (AvgIpc) is 2.63. The molecule has 0 unspecified atom stereocenters. The van der Waals surface area contributed by atoms with Gasteiger partial charge >= 0.3 is 0 Å². The lowest BCUT2D eigenvalue weighted by Crippen LogP contribution is -2.47. The molecule has 0 radical (unpaired) electrons. The van der Waals surface area contributed by atoms with Gasteiger partial charge in [0, 0.05) is 44.0 Å². The fourth-order valence-corrected chi connectivity index (χ4v) is 2.95. The number of benzene rings is 2. The Balaban J connectivity index is 0.00000225. The van der Waals surface area contributed by atoms with Gasteiger partial charge in [-0.25, -0.2) is 0 Å². The number of anilines is 1. The lowest BCUT2D eigenvalue weighted by molar-refractivity contribution is 0.101. The summed E-state index contributed by atoms with van der Waals surface area (Å²) in [6, 6.07) is 17.9. The molecule has 25 heavy (non-hydrogen) atoms. The average molecular weight is 361 g/mol. The van der Waals surface area contributed by atoms with Crippen LogP contribution in [0.4, 0.5) is 5.69 Å². The third kappa shape index (κ3) is 5.48. The zero-order chi connectivity index (χ0) is 16.8. The Kier molecular flexibility index (Phi) is 7.29. The first kappa shape index (κ1) is 19.3. The second-order valence-electron chi connectivity index (χ2n) is 6.09. The van der Waals surface area contributed by atoms with E-state index in [4.69, 9.17) is 4.74 Å². The SMILES string of the molecule is CC(=O)c1ccc(OCCN2CCN(c3ccccc3)CC2)cc1.Cl. The molecule has 2 aromatic rings. The number of carbonyl (C=O) groups excluding carboxylic acids is 1. The molecule has 1 fully saturated rings. The van der Waals surface area contributed by atoms with E-state index in [9.17, 15) is 4.79 Å². The van der Waals surface area contributed by atoms with Crippen LogP contribution in [0.1, 0.15) is 17.3 Å². The summed E-state index contributed by atoms with van der Waals surface area (Å²) in [5.41, 5.74) is 2.03. The molecular formula is C20H25ClN2O2. The normalized spacial score (nSPS) is 14.7. The predicted molar refractivity (Wildman–Crippen MR) is 104 cm³/mol. The smallest absolute Gasteiger partial charge is 0.159 e. The molecule has 0 saturated carbocycles. The van der Waals surface area contributed by atoms with Gasteiger partial charge in [0.05, 0.1) is 0 Å². The molecule has 3 rings (SSSR count). The summed E-state index contributed by atoms with van der Waals surface area (Å²) in [6.45, 7) is 7.39. The number of nitrogens with zero attached hydrogens (tertiary/aromatic N) is 2. The molecule has 0 bridgehead atoms. The van der Waals surface area contributed by atoms with Crippen LogP contribution in [0, 0.1) is 0 Å². The molecule has 0 aromatic heterocycles. The number of carbonyl (C=O) groups is 1. The number of hydrogen-bond donors (Lipinski definition) is 0. The molecule has 0 spiro atoms. The molecule has 1 heterocycles. The Bertz CT molecular complexity index is 653. The summed E-state index contributed by atoms with van der Waals surface area (Å²) < 4.78 is 5.79. The summed E-state index contributed by atoms with van der Waals surface area (Å²) in [5.74, 6) is 0.903. The van der Waals surface area contributed by atoms with Crippen LogP contribution in [0.3, 0.4) is 0 Å². The van der Waals surface area contributed by atoms with Crippen LogP contribution < -0.4 is 9.64 Å². The maximum atomic E-state index is 11.3. The Hall–Kier alpha value is -2.04. The molecule has 0 aliphatic carbocycles. The van der Waals surface area contributed by atoms with E-state index in [0.717, 1.165) is 44.0 Å². The van der Waals surface area contributed by atoms with E-state index in [2.05, 4.69) is 40.1 Å². The number of ketones is 1. The Morgan fingerprint density at radius 1 is 0.960 bits per heavy atom. The van der Waals surface area contributed by atoms with Crippen LogP contribution in [0.2, 0.25) is 0 Å². The van der Waals surface area contributed by atoms with Crippen LogP contribution in [0.5, 0.6) is 5.75 Å². The van der Waals surface area contributed by atoms with Crippen molar-refractivity contribution < 1.29 is 9.53 Å². The number of piperazine rings is 1. The summed E-state index contributed by atoms with van der Waals surface area (Å²) in [4.78, 5) is 16.1. The van der Waals surface area contributed by atoms with Crippen molar-refractivity contribution in [2.45, 2.75) is 6.92 Å². The van der Waals surface area contributed by atoms with Gasteiger partial charge in [0.2, 0.25) is 0 Å². The predicted octanol–water partition coefficient (Wildman–Crippen LogP) is 3.51. The summed E-state index contributed by atoms with van der Waals surface area (Å²) in [6.07, 6.45) is 0. The van der Waals surface area contributed by atoms with Crippen molar-refractivity contribution in [2.75, 3.05) is 44.2 Å². The van der Waals surface area contributed by atoms with Crippen molar-refractivity contribution in [3.63, 3.8) is 0 Å². The third-order valence-corrected chi connectivity index (χ3v) is 4.43. The third-order valence-electron chi connectivity index (χ3n) is 4.43. The molecule has 134 valence electrons. The molecule has 5 heteroatoms. The Morgan fingerprint density at radius 3 is 2.20 bits per heavy atom. The van der Waals surface area contributed by atoms with Gasteiger partial charge in [-0.2, -0.15) is 0 Å². The maximum Gasteiger partial charge on any atom is 0.159 e. The number of rotatable bonds is 6. The van der Waals surface area contributed by atoms with E-state index in [1.807, 2.05) is 24.3 Å². The number of Topliss-reactive ketones (excluding diaryl/α,β-unsaturated/α-hetero) is 1. The highest BCUT2D eigenvalue weighted by molar-refractivity contribution is 5.94. The molecule has 1 aliphatic heterocycles. The number of halogens is 1. The highest BCUT2D eigenvalue weighted by Crippen LogP contribution is 2.16. The summed E-state index contributed by atoms with van der Waals surface area (Å²) in [5, 5.41) is 0. The summed E-state index contributed by atoms with van der Waals surface area (Å²) >= 11 is 0. The van der Waals surface area contributed by atoms with Gasteiger partial charge in [0.25, 0.3) is 0 Å². The second-order valence-corrected chi connectivity index (χ2v) is 6.09. The van der Waals surface area contributed by atoms with Crippen LogP contribution in [-0.2, 0) is 0 Å². The van der Waals surface area contributed by atoms with Gasteiger partial charge in [0.15, 0.2) is 5.78 Å². The number of hydrogen-bond acceptors (Lipinski definition) is 4. The number of para-hydroxylation sites is 1. The highest BCUT2D eigenvalue weighted by atomic mass is 35.5. The minimum absolute atomic E-state index is 0.